The Morgan fingerprint density at radius 2 is 1.81 bits per heavy atom. The van der Waals surface area contributed by atoms with E-state index in [2.05, 4.69) is 10.6 Å². The molecule has 2 aromatic carbocycles. The van der Waals surface area contributed by atoms with Crippen molar-refractivity contribution in [2.45, 2.75) is 25.7 Å². The number of aliphatic carboxylic acids is 1. The van der Waals surface area contributed by atoms with Gasteiger partial charge in [-0.05, 0) is 48.7 Å². The minimum absolute atomic E-state index is 0.0410. The standard InChI is InChI=1S/C23H23ClN2O6/c24-17-7-4-3-6-16(17)22(29)26-18(23(30)25-11-5-1-2-8-21(27)28)12-15-9-10-19-20(13-15)32-14-31-19/h3-4,6-7,9-10,12-13H,1-2,5,8,11,14H2,(H,25,30)(H,26,29)(H,27,28)/b18-12-. The summed E-state index contributed by atoms with van der Waals surface area (Å²) in [6, 6.07) is 11.7. The molecule has 0 spiro atoms. The van der Waals surface area contributed by atoms with Gasteiger partial charge in [0.2, 0.25) is 6.79 Å². The minimum Gasteiger partial charge on any atom is -0.481 e. The van der Waals surface area contributed by atoms with Gasteiger partial charge in [-0.25, -0.2) is 0 Å². The molecular formula is C23H23ClN2O6. The minimum atomic E-state index is -0.842. The second-order valence-electron chi connectivity index (χ2n) is 7.06. The second-order valence-corrected chi connectivity index (χ2v) is 7.47. The molecule has 32 heavy (non-hydrogen) atoms. The molecule has 9 heteroatoms. The Morgan fingerprint density at radius 3 is 2.59 bits per heavy atom. The molecule has 0 saturated carbocycles. The molecule has 168 valence electrons. The lowest BCUT2D eigenvalue weighted by molar-refractivity contribution is -0.137. The fraction of sp³-hybridized carbons (Fsp3) is 0.261. The molecule has 2 aromatic rings. The Kier molecular flexibility index (Phi) is 8.10. The molecule has 0 aromatic heterocycles. The van der Waals surface area contributed by atoms with E-state index in [9.17, 15) is 14.4 Å². The van der Waals surface area contributed by atoms with Crippen LogP contribution in [0.2, 0.25) is 5.02 Å². The van der Waals surface area contributed by atoms with Crippen molar-refractivity contribution in [3.63, 3.8) is 0 Å². The first-order chi connectivity index (χ1) is 15.4. The Morgan fingerprint density at radius 1 is 1.03 bits per heavy atom. The van der Waals surface area contributed by atoms with Gasteiger partial charge < -0.3 is 25.2 Å². The van der Waals surface area contributed by atoms with Gasteiger partial charge in [0.05, 0.1) is 10.6 Å². The lowest BCUT2D eigenvalue weighted by Gasteiger charge is -2.12. The van der Waals surface area contributed by atoms with Crippen LogP contribution in [0.4, 0.5) is 0 Å². The van der Waals surface area contributed by atoms with Crippen molar-refractivity contribution in [3.8, 4) is 11.5 Å². The number of halogens is 1. The lowest BCUT2D eigenvalue weighted by atomic mass is 10.1. The van der Waals surface area contributed by atoms with Crippen molar-refractivity contribution in [3.05, 3.63) is 64.3 Å². The summed E-state index contributed by atoms with van der Waals surface area (Å²) in [7, 11) is 0. The van der Waals surface area contributed by atoms with Gasteiger partial charge in [0, 0.05) is 13.0 Å². The van der Waals surface area contributed by atoms with Gasteiger partial charge in [0.15, 0.2) is 11.5 Å². The fourth-order valence-electron chi connectivity index (χ4n) is 3.04. The molecule has 0 unspecified atom stereocenters. The molecule has 3 N–H and O–H groups in total. The van der Waals surface area contributed by atoms with E-state index in [0.29, 0.717) is 42.9 Å². The smallest absolute Gasteiger partial charge is 0.303 e. The van der Waals surface area contributed by atoms with Crippen LogP contribution in [0, 0.1) is 0 Å². The quantitative estimate of drug-likeness (QED) is 0.370. The van der Waals surface area contributed by atoms with Gasteiger partial charge in [-0.15, -0.1) is 0 Å². The number of hydrogen-bond donors (Lipinski definition) is 3. The van der Waals surface area contributed by atoms with Gasteiger partial charge >= 0.3 is 5.97 Å². The highest BCUT2D eigenvalue weighted by atomic mass is 35.5. The van der Waals surface area contributed by atoms with Crippen molar-refractivity contribution in [1.29, 1.82) is 0 Å². The number of hydrogen-bond acceptors (Lipinski definition) is 5. The predicted molar refractivity (Wildman–Crippen MR) is 119 cm³/mol. The molecule has 0 radical (unpaired) electrons. The average molecular weight is 459 g/mol. The molecule has 0 aliphatic carbocycles. The largest absolute Gasteiger partial charge is 0.481 e. The predicted octanol–water partition coefficient (Wildman–Crippen LogP) is 3.60. The van der Waals surface area contributed by atoms with Gasteiger partial charge in [-0.3, -0.25) is 14.4 Å². The van der Waals surface area contributed by atoms with Crippen LogP contribution in [-0.4, -0.2) is 36.2 Å². The second kappa shape index (κ2) is 11.2. The number of carbonyl (C=O) groups excluding carboxylic acids is 2. The van der Waals surface area contributed by atoms with E-state index in [1.165, 1.54) is 6.08 Å². The van der Waals surface area contributed by atoms with E-state index in [4.69, 9.17) is 26.2 Å². The maximum atomic E-state index is 12.8. The monoisotopic (exact) mass is 458 g/mol. The van der Waals surface area contributed by atoms with Crippen LogP contribution in [-0.2, 0) is 9.59 Å². The first-order valence-corrected chi connectivity index (χ1v) is 10.5. The van der Waals surface area contributed by atoms with Gasteiger partial charge in [0.1, 0.15) is 5.70 Å². The van der Waals surface area contributed by atoms with Gasteiger partial charge in [-0.2, -0.15) is 0 Å². The Bertz CT molecular complexity index is 1040. The zero-order valence-corrected chi connectivity index (χ0v) is 18.0. The number of carboxylic acids is 1. The molecular weight excluding hydrogens is 436 g/mol. The number of unbranched alkanes of at least 4 members (excludes halogenated alkanes) is 2. The number of carboxylic acid groups (broad SMARTS) is 1. The molecule has 0 fully saturated rings. The molecule has 1 aliphatic heterocycles. The lowest BCUT2D eigenvalue weighted by Crippen LogP contribution is -2.35. The molecule has 2 amide bonds. The van der Waals surface area contributed by atoms with Crippen molar-refractivity contribution < 1.29 is 29.0 Å². The van der Waals surface area contributed by atoms with E-state index in [-0.39, 0.29) is 29.5 Å². The summed E-state index contributed by atoms with van der Waals surface area (Å²) < 4.78 is 10.7. The molecule has 3 rings (SSSR count). The highest BCUT2D eigenvalue weighted by molar-refractivity contribution is 6.34. The van der Waals surface area contributed by atoms with Crippen LogP contribution in [0.25, 0.3) is 6.08 Å². The molecule has 0 atom stereocenters. The number of benzene rings is 2. The zero-order chi connectivity index (χ0) is 22.9. The number of nitrogens with one attached hydrogen (secondary N) is 2. The first kappa shape index (κ1) is 23.1. The molecule has 1 heterocycles. The van der Waals surface area contributed by atoms with Crippen LogP contribution < -0.4 is 20.1 Å². The maximum Gasteiger partial charge on any atom is 0.303 e. The fourth-order valence-corrected chi connectivity index (χ4v) is 3.26. The summed E-state index contributed by atoms with van der Waals surface area (Å²) in [6.45, 7) is 0.472. The van der Waals surface area contributed by atoms with E-state index in [1.54, 1.807) is 42.5 Å². The van der Waals surface area contributed by atoms with E-state index < -0.39 is 17.8 Å². The number of carbonyl (C=O) groups is 3. The molecule has 1 aliphatic rings. The van der Waals surface area contributed by atoms with Crippen LogP contribution >= 0.6 is 11.6 Å². The van der Waals surface area contributed by atoms with Crippen molar-refractivity contribution in [2.24, 2.45) is 0 Å². The third kappa shape index (κ3) is 6.49. The summed E-state index contributed by atoms with van der Waals surface area (Å²) in [5.41, 5.74) is 0.923. The average Bonchev–Trinajstić information content (AvgIpc) is 3.23. The number of fused-ring (bicyclic) bond motifs is 1. The van der Waals surface area contributed by atoms with Crippen LogP contribution in [0.1, 0.15) is 41.6 Å². The molecule has 0 saturated heterocycles. The van der Waals surface area contributed by atoms with Crippen LogP contribution in [0.3, 0.4) is 0 Å². The van der Waals surface area contributed by atoms with Crippen LogP contribution in [0.15, 0.2) is 48.2 Å². The van der Waals surface area contributed by atoms with Gasteiger partial charge in [0.25, 0.3) is 11.8 Å². The summed E-state index contributed by atoms with van der Waals surface area (Å²) in [4.78, 5) is 36.1. The maximum absolute atomic E-state index is 12.8. The molecule has 8 nitrogen and oxygen atoms in total. The van der Waals surface area contributed by atoms with Gasteiger partial charge in [-0.1, -0.05) is 36.2 Å². The van der Waals surface area contributed by atoms with Crippen LogP contribution in [0.5, 0.6) is 11.5 Å². The summed E-state index contributed by atoms with van der Waals surface area (Å²) >= 11 is 6.11. The zero-order valence-electron chi connectivity index (χ0n) is 17.2. The first-order valence-electron chi connectivity index (χ1n) is 10.1. The van der Waals surface area contributed by atoms with E-state index in [1.807, 2.05) is 0 Å². The highest BCUT2D eigenvalue weighted by Crippen LogP contribution is 2.33. The highest BCUT2D eigenvalue weighted by Gasteiger charge is 2.18. The Labute approximate surface area is 190 Å². The number of rotatable bonds is 10. The summed E-state index contributed by atoms with van der Waals surface area (Å²) in [5, 5.41) is 14.3. The third-order valence-corrected chi connectivity index (χ3v) is 5.00. The SMILES string of the molecule is O=C(O)CCCCCNC(=O)/C(=C/c1ccc2c(c1)OCO2)NC(=O)c1ccccc1Cl. The Hall–Kier alpha value is -3.52. The third-order valence-electron chi connectivity index (χ3n) is 4.67. The van der Waals surface area contributed by atoms with E-state index >= 15 is 0 Å². The van der Waals surface area contributed by atoms with E-state index in [0.717, 1.165) is 0 Å². The number of ether oxygens (including phenoxy) is 2. The topological polar surface area (TPSA) is 114 Å². The normalized spacial score (nSPS) is 12.3. The van der Waals surface area contributed by atoms with Crippen molar-refractivity contribution in [2.75, 3.05) is 13.3 Å². The van der Waals surface area contributed by atoms with Crippen molar-refractivity contribution in [1.82, 2.24) is 10.6 Å². The summed E-state index contributed by atoms with van der Waals surface area (Å²) in [5.74, 6) is -0.672. The number of amides is 2. The summed E-state index contributed by atoms with van der Waals surface area (Å²) in [6.07, 6.45) is 3.45. The Balaban J connectivity index is 1.71. The van der Waals surface area contributed by atoms with Crippen molar-refractivity contribution >= 4 is 35.5 Å². The molecule has 0 bridgehead atoms.